The highest BCUT2D eigenvalue weighted by Crippen LogP contribution is 2.28. The van der Waals surface area contributed by atoms with Crippen molar-refractivity contribution in [2.24, 2.45) is 0 Å². The zero-order valence-electron chi connectivity index (χ0n) is 12.1. The lowest BCUT2D eigenvalue weighted by molar-refractivity contribution is 0.781. The van der Waals surface area contributed by atoms with Crippen LogP contribution in [0.3, 0.4) is 0 Å². The normalized spacial score (nSPS) is 11.4. The Morgan fingerprint density at radius 3 is 2.60 bits per heavy atom. The van der Waals surface area contributed by atoms with Gasteiger partial charge in [-0.15, -0.1) is 11.3 Å². The van der Waals surface area contributed by atoms with Crippen molar-refractivity contribution in [1.82, 2.24) is 19.5 Å². The zero-order valence-corrected chi connectivity index (χ0v) is 12.9. The van der Waals surface area contributed by atoms with Gasteiger partial charge in [-0.1, -0.05) is 0 Å². The first-order valence-corrected chi connectivity index (χ1v) is 7.30. The Kier molecular flexibility index (Phi) is 2.97. The topological polar surface area (TPSA) is 69.6 Å². The Balaban J connectivity index is 2.22. The Morgan fingerprint density at radius 1 is 1.20 bits per heavy atom. The first-order valence-electron chi connectivity index (χ1n) is 6.48. The number of anilines is 1. The molecule has 2 N–H and O–H groups in total. The molecule has 20 heavy (non-hydrogen) atoms. The van der Waals surface area contributed by atoms with Crippen molar-refractivity contribution >= 4 is 28.2 Å². The SMILES string of the molecule is Cc1nc(N)c2c(C)c(C)n(Cc3ncc(C)s3)c2n1. The van der Waals surface area contributed by atoms with Gasteiger partial charge < -0.3 is 10.3 Å². The van der Waals surface area contributed by atoms with E-state index in [-0.39, 0.29) is 0 Å². The summed E-state index contributed by atoms with van der Waals surface area (Å²) in [4.78, 5) is 14.5. The van der Waals surface area contributed by atoms with Crippen molar-refractivity contribution in [3.05, 3.63) is 33.2 Å². The molecule has 0 atom stereocenters. The molecule has 0 aliphatic rings. The summed E-state index contributed by atoms with van der Waals surface area (Å²) in [5.41, 5.74) is 9.27. The van der Waals surface area contributed by atoms with E-state index in [0.29, 0.717) is 11.6 Å². The van der Waals surface area contributed by atoms with Crippen LogP contribution in [0.5, 0.6) is 0 Å². The van der Waals surface area contributed by atoms with Crippen LogP contribution in [0, 0.1) is 27.7 Å². The molecular formula is C14H17N5S. The fourth-order valence-corrected chi connectivity index (χ4v) is 3.26. The van der Waals surface area contributed by atoms with Crippen molar-refractivity contribution in [3.63, 3.8) is 0 Å². The molecule has 0 amide bonds. The summed E-state index contributed by atoms with van der Waals surface area (Å²) in [5, 5.41) is 2.04. The van der Waals surface area contributed by atoms with Crippen molar-refractivity contribution in [3.8, 4) is 0 Å². The van der Waals surface area contributed by atoms with E-state index in [0.717, 1.165) is 28.1 Å². The van der Waals surface area contributed by atoms with Crippen LogP contribution in [0.2, 0.25) is 0 Å². The van der Waals surface area contributed by atoms with E-state index in [1.807, 2.05) is 13.1 Å². The van der Waals surface area contributed by atoms with Gasteiger partial charge in [0.05, 0.1) is 11.9 Å². The van der Waals surface area contributed by atoms with E-state index in [2.05, 4.69) is 40.3 Å². The average Bonchev–Trinajstić information content (AvgIpc) is 2.87. The summed E-state index contributed by atoms with van der Waals surface area (Å²) in [6.07, 6.45) is 1.91. The molecule has 104 valence electrons. The Labute approximate surface area is 121 Å². The number of aromatic nitrogens is 4. The molecule has 0 saturated heterocycles. The van der Waals surface area contributed by atoms with Crippen molar-refractivity contribution in [1.29, 1.82) is 0 Å². The minimum atomic E-state index is 0.558. The second kappa shape index (κ2) is 4.56. The van der Waals surface area contributed by atoms with Crippen molar-refractivity contribution in [2.75, 3.05) is 5.73 Å². The van der Waals surface area contributed by atoms with E-state index in [9.17, 15) is 0 Å². The van der Waals surface area contributed by atoms with Crippen molar-refractivity contribution in [2.45, 2.75) is 34.2 Å². The molecule has 0 saturated carbocycles. The molecule has 3 heterocycles. The molecule has 6 heteroatoms. The van der Waals surface area contributed by atoms with E-state index >= 15 is 0 Å². The molecule has 0 bridgehead atoms. The van der Waals surface area contributed by atoms with Crippen LogP contribution in [0.1, 0.15) is 27.0 Å². The number of rotatable bonds is 2. The number of hydrogen-bond acceptors (Lipinski definition) is 5. The zero-order chi connectivity index (χ0) is 14.4. The predicted molar refractivity (Wildman–Crippen MR) is 82.1 cm³/mol. The number of hydrogen-bond donors (Lipinski definition) is 1. The second-order valence-electron chi connectivity index (χ2n) is 5.02. The van der Waals surface area contributed by atoms with Crippen LogP contribution < -0.4 is 5.73 Å². The molecule has 3 aromatic heterocycles. The van der Waals surface area contributed by atoms with Gasteiger partial charge in [-0.25, -0.2) is 15.0 Å². The summed E-state index contributed by atoms with van der Waals surface area (Å²) in [5.74, 6) is 1.26. The molecule has 0 spiro atoms. The third-order valence-electron chi connectivity index (χ3n) is 3.57. The molecule has 0 aliphatic carbocycles. The second-order valence-corrected chi connectivity index (χ2v) is 6.34. The Bertz CT molecular complexity index is 800. The summed E-state index contributed by atoms with van der Waals surface area (Å²) in [6, 6.07) is 0. The highest BCUT2D eigenvalue weighted by atomic mass is 32.1. The smallest absolute Gasteiger partial charge is 0.146 e. The van der Waals surface area contributed by atoms with Gasteiger partial charge in [-0.05, 0) is 33.3 Å². The van der Waals surface area contributed by atoms with Crippen LogP contribution in [0.4, 0.5) is 5.82 Å². The highest BCUT2D eigenvalue weighted by molar-refractivity contribution is 7.11. The number of nitrogen functional groups attached to an aromatic ring is 1. The first-order chi connectivity index (χ1) is 9.47. The summed E-state index contributed by atoms with van der Waals surface area (Å²) < 4.78 is 2.17. The van der Waals surface area contributed by atoms with Gasteiger partial charge in [-0.3, -0.25) is 0 Å². The van der Waals surface area contributed by atoms with Crippen LogP contribution in [0.15, 0.2) is 6.20 Å². The fraction of sp³-hybridized carbons (Fsp3) is 0.357. The molecule has 0 aliphatic heterocycles. The van der Waals surface area contributed by atoms with Gasteiger partial charge in [0, 0.05) is 16.8 Å². The maximum Gasteiger partial charge on any atom is 0.146 e. The number of fused-ring (bicyclic) bond motifs is 1. The molecule has 0 aromatic carbocycles. The Hall–Kier alpha value is -1.95. The maximum atomic E-state index is 6.06. The van der Waals surface area contributed by atoms with Gasteiger partial charge in [0.1, 0.15) is 22.3 Å². The van der Waals surface area contributed by atoms with Gasteiger partial charge in [0.25, 0.3) is 0 Å². The van der Waals surface area contributed by atoms with Gasteiger partial charge in [0.15, 0.2) is 0 Å². The highest BCUT2D eigenvalue weighted by Gasteiger charge is 2.17. The van der Waals surface area contributed by atoms with E-state index in [1.165, 1.54) is 10.6 Å². The summed E-state index contributed by atoms with van der Waals surface area (Å²) >= 11 is 1.71. The number of thiazole rings is 1. The average molecular weight is 287 g/mol. The van der Waals surface area contributed by atoms with E-state index < -0.39 is 0 Å². The lowest BCUT2D eigenvalue weighted by Gasteiger charge is -2.06. The monoisotopic (exact) mass is 287 g/mol. The minimum absolute atomic E-state index is 0.558. The third-order valence-corrected chi connectivity index (χ3v) is 4.47. The molecule has 0 unspecified atom stereocenters. The Morgan fingerprint density at radius 2 is 1.95 bits per heavy atom. The third kappa shape index (κ3) is 1.96. The molecule has 3 rings (SSSR count). The largest absolute Gasteiger partial charge is 0.383 e. The number of nitrogens with zero attached hydrogens (tertiary/aromatic N) is 4. The minimum Gasteiger partial charge on any atom is -0.383 e. The first kappa shape index (κ1) is 13.1. The van der Waals surface area contributed by atoms with Crippen LogP contribution in [-0.4, -0.2) is 19.5 Å². The van der Waals surface area contributed by atoms with E-state index in [1.54, 1.807) is 11.3 Å². The molecule has 5 nitrogen and oxygen atoms in total. The predicted octanol–water partition coefficient (Wildman–Crippen LogP) is 2.75. The lowest BCUT2D eigenvalue weighted by Crippen LogP contribution is -2.04. The van der Waals surface area contributed by atoms with Crippen LogP contribution in [0.25, 0.3) is 11.0 Å². The molecule has 0 fully saturated rings. The van der Waals surface area contributed by atoms with Gasteiger partial charge in [-0.2, -0.15) is 0 Å². The summed E-state index contributed by atoms with van der Waals surface area (Å²) in [7, 11) is 0. The van der Waals surface area contributed by atoms with Gasteiger partial charge in [0.2, 0.25) is 0 Å². The fourth-order valence-electron chi connectivity index (χ4n) is 2.48. The van der Waals surface area contributed by atoms with Crippen LogP contribution >= 0.6 is 11.3 Å². The standard InChI is InChI=1S/C14H17N5S/c1-7-5-16-11(20-7)6-19-9(3)8(2)12-13(15)17-10(4)18-14(12)19/h5H,6H2,1-4H3,(H2,15,17,18). The lowest BCUT2D eigenvalue weighted by atomic mass is 10.2. The molecular weight excluding hydrogens is 270 g/mol. The van der Waals surface area contributed by atoms with Crippen LogP contribution in [-0.2, 0) is 6.54 Å². The summed E-state index contributed by atoms with van der Waals surface area (Å²) in [6.45, 7) is 8.82. The quantitative estimate of drug-likeness (QED) is 0.787. The maximum absolute atomic E-state index is 6.06. The van der Waals surface area contributed by atoms with Gasteiger partial charge >= 0.3 is 0 Å². The van der Waals surface area contributed by atoms with Crippen molar-refractivity contribution < 1.29 is 0 Å². The molecule has 3 aromatic rings. The number of nitrogens with two attached hydrogens (primary N) is 1. The number of aryl methyl sites for hydroxylation is 3. The van der Waals surface area contributed by atoms with E-state index in [4.69, 9.17) is 5.73 Å². The molecule has 0 radical (unpaired) electrons.